The number of anilines is 1. The number of benzene rings is 3. The van der Waals surface area contributed by atoms with Crippen LogP contribution < -0.4 is 4.72 Å². The maximum absolute atomic E-state index is 13.0. The Balaban J connectivity index is 1.94. The molecular weight excluding hydrogens is 434 g/mol. The third-order valence-electron chi connectivity index (χ3n) is 4.82. The van der Waals surface area contributed by atoms with Crippen LogP contribution in [-0.4, -0.2) is 30.4 Å². The number of aryl methyl sites for hydroxylation is 1. The molecule has 0 bridgehead atoms. The molecule has 0 spiro atoms. The van der Waals surface area contributed by atoms with Crippen LogP contribution in [0.15, 0.2) is 64.4 Å². The van der Waals surface area contributed by atoms with Gasteiger partial charge in [-0.25, -0.2) is 8.42 Å². The number of sulfonamides is 1. The van der Waals surface area contributed by atoms with Gasteiger partial charge in [0.05, 0.1) is 21.2 Å². The second kappa shape index (κ2) is 9.62. The van der Waals surface area contributed by atoms with E-state index in [1.807, 2.05) is 12.1 Å². The Morgan fingerprint density at radius 1 is 1.06 bits per heavy atom. The van der Waals surface area contributed by atoms with Gasteiger partial charge in [0.1, 0.15) is 5.75 Å². The fourth-order valence-corrected chi connectivity index (χ4v) is 4.96. The number of phenols is 1. The van der Waals surface area contributed by atoms with Crippen molar-refractivity contribution in [1.29, 1.82) is 0 Å². The van der Waals surface area contributed by atoms with E-state index < -0.39 is 16.0 Å². The Labute approximate surface area is 186 Å². The van der Waals surface area contributed by atoms with Crippen LogP contribution in [0.4, 0.5) is 5.69 Å². The van der Waals surface area contributed by atoms with Gasteiger partial charge < -0.3 is 10.2 Å². The quantitative estimate of drug-likeness (QED) is 0.303. The fourth-order valence-electron chi connectivity index (χ4n) is 3.16. The first kappa shape index (κ1) is 23.0. The SMILES string of the molecule is CC(C)CCc1ccc(S(=O)(=O)Nc2cc(SCC(=O)O)c(O)c3ccccc23)cc1. The molecule has 0 aliphatic heterocycles. The molecule has 0 fully saturated rings. The van der Waals surface area contributed by atoms with Gasteiger partial charge in [0.15, 0.2) is 0 Å². The number of carbonyl (C=O) groups is 1. The van der Waals surface area contributed by atoms with Gasteiger partial charge >= 0.3 is 5.97 Å². The van der Waals surface area contributed by atoms with E-state index in [1.54, 1.807) is 36.4 Å². The molecule has 0 radical (unpaired) electrons. The lowest BCUT2D eigenvalue weighted by Gasteiger charge is -2.15. The Kier molecular flexibility index (Phi) is 7.12. The van der Waals surface area contributed by atoms with E-state index in [-0.39, 0.29) is 22.1 Å². The number of rotatable bonds is 9. The first-order chi connectivity index (χ1) is 14.7. The fraction of sp³-hybridized carbons (Fsp3) is 0.261. The van der Waals surface area contributed by atoms with Crippen molar-refractivity contribution in [2.24, 2.45) is 5.92 Å². The summed E-state index contributed by atoms with van der Waals surface area (Å²) in [6.07, 6.45) is 1.92. The summed E-state index contributed by atoms with van der Waals surface area (Å²) in [4.78, 5) is 11.4. The number of phenolic OH excluding ortho intramolecular Hbond substituents is 1. The van der Waals surface area contributed by atoms with Crippen LogP contribution in [0.25, 0.3) is 10.8 Å². The predicted octanol–water partition coefficient (Wildman–Crippen LogP) is 5.11. The molecule has 3 aromatic rings. The summed E-state index contributed by atoms with van der Waals surface area (Å²) >= 11 is 0.931. The zero-order chi connectivity index (χ0) is 22.6. The summed E-state index contributed by atoms with van der Waals surface area (Å²) < 4.78 is 28.6. The molecule has 0 saturated carbocycles. The van der Waals surface area contributed by atoms with E-state index in [1.165, 1.54) is 6.07 Å². The van der Waals surface area contributed by atoms with Crippen molar-refractivity contribution in [3.8, 4) is 5.75 Å². The highest BCUT2D eigenvalue weighted by Gasteiger charge is 2.19. The number of hydrogen-bond acceptors (Lipinski definition) is 5. The monoisotopic (exact) mass is 459 g/mol. The van der Waals surface area contributed by atoms with Crippen LogP contribution in [0, 0.1) is 5.92 Å². The van der Waals surface area contributed by atoms with Crippen LogP contribution in [0.1, 0.15) is 25.8 Å². The number of nitrogens with one attached hydrogen (secondary N) is 1. The van der Waals surface area contributed by atoms with Crippen molar-refractivity contribution in [2.75, 3.05) is 10.5 Å². The number of carboxylic acid groups (broad SMARTS) is 1. The van der Waals surface area contributed by atoms with Crippen molar-refractivity contribution in [1.82, 2.24) is 0 Å². The number of fused-ring (bicyclic) bond motifs is 1. The summed E-state index contributed by atoms with van der Waals surface area (Å²) in [5, 5.41) is 20.5. The Morgan fingerprint density at radius 2 is 1.71 bits per heavy atom. The number of carboxylic acids is 1. The topological polar surface area (TPSA) is 104 Å². The van der Waals surface area contributed by atoms with Crippen molar-refractivity contribution in [2.45, 2.75) is 36.5 Å². The Bertz CT molecular complexity index is 1190. The summed E-state index contributed by atoms with van der Waals surface area (Å²) in [5.74, 6) is -0.784. The Hall–Kier alpha value is -2.71. The van der Waals surface area contributed by atoms with E-state index in [4.69, 9.17) is 5.11 Å². The van der Waals surface area contributed by atoms with Gasteiger partial charge in [-0.15, -0.1) is 11.8 Å². The van der Waals surface area contributed by atoms with E-state index in [2.05, 4.69) is 18.6 Å². The molecule has 6 nitrogen and oxygen atoms in total. The average molecular weight is 460 g/mol. The van der Waals surface area contributed by atoms with Crippen LogP contribution in [0.5, 0.6) is 5.75 Å². The number of thioether (sulfide) groups is 1. The molecule has 0 aliphatic rings. The van der Waals surface area contributed by atoms with Crippen LogP contribution in [0.3, 0.4) is 0 Å². The normalized spacial score (nSPS) is 11.7. The number of hydrogen-bond donors (Lipinski definition) is 3. The minimum absolute atomic E-state index is 0.0701. The van der Waals surface area contributed by atoms with Crippen LogP contribution in [-0.2, 0) is 21.2 Å². The lowest BCUT2D eigenvalue weighted by Crippen LogP contribution is -2.13. The van der Waals surface area contributed by atoms with Gasteiger partial charge in [-0.3, -0.25) is 9.52 Å². The summed E-state index contributed by atoms with van der Waals surface area (Å²) in [7, 11) is -3.87. The summed E-state index contributed by atoms with van der Waals surface area (Å²) in [6.45, 7) is 4.29. The first-order valence-electron chi connectivity index (χ1n) is 9.88. The zero-order valence-electron chi connectivity index (χ0n) is 17.3. The molecule has 0 aliphatic carbocycles. The van der Waals surface area contributed by atoms with Crippen molar-refractivity contribution in [3.05, 3.63) is 60.2 Å². The lowest BCUT2D eigenvalue weighted by molar-refractivity contribution is -0.133. The van der Waals surface area contributed by atoms with Crippen molar-refractivity contribution < 1.29 is 23.4 Å². The van der Waals surface area contributed by atoms with Crippen LogP contribution in [0.2, 0.25) is 0 Å². The maximum Gasteiger partial charge on any atom is 0.313 e. The van der Waals surface area contributed by atoms with E-state index in [0.717, 1.165) is 30.2 Å². The van der Waals surface area contributed by atoms with Gasteiger partial charge in [-0.1, -0.05) is 50.2 Å². The first-order valence-corrected chi connectivity index (χ1v) is 12.4. The third-order valence-corrected chi connectivity index (χ3v) is 7.22. The highest BCUT2D eigenvalue weighted by atomic mass is 32.2. The van der Waals surface area contributed by atoms with Gasteiger partial charge in [0.25, 0.3) is 10.0 Å². The molecule has 3 N–H and O–H groups in total. The molecule has 164 valence electrons. The van der Waals surface area contributed by atoms with Gasteiger partial charge in [-0.05, 0) is 42.5 Å². The third kappa shape index (κ3) is 5.71. The van der Waals surface area contributed by atoms with E-state index >= 15 is 0 Å². The smallest absolute Gasteiger partial charge is 0.313 e. The molecule has 0 amide bonds. The zero-order valence-corrected chi connectivity index (χ0v) is 19.0. The largest absolute Gasteiger partial charge is 0.506 e. The predicted molar refractivity (Wildman–Crippen MR) is 124 cm³/mol. The van der Waals surface area contributed by atoms with Gasteiger partial charge in [-0.2, -0.15) is 0 Å². The molecule has 3 rings (SSSR count). The highest BCUT2D eigenvalue weighted by molar-refractivity contribution is 8.00. The van der Waals surface area contributed by atoms with Crippen LogP contribution >= 0.6 is 11.8 Å². The van der Waals surface area contributed by atoms with E-state index in [0.29, 0.717) is 21.6 Å². The van der Waals surface area contributed by atoms with Gasteiger partial charge in [0.2, 0.25) is 0 Å². The molecule has 3 aromatic carbocycles. The molecule has 0 atom stereocenters. The van der Waals surface area contributed by atoms with Gasteiger partial charge in [0, 0.05) is 10.8 Å². The molecule has 0 aromatic heterocycles. The molecular formula is C23H25NO5S2. The lowest BCUT2D eigenvalue weighted by atomic mass is 10.0. The molecule has 8 heteroatoms. The molecule has 0 heterocycles. The number of aromatic hydroxyl groups is 1. The number of aliphatic carboxylic acids is 1. The second-order valence-electron chi connectivity index (χ2n) is 7.68. The minimum Gasteiger partial charge on any atom is -0.506 e. The average Bonchev–Trinajstić information content (AvgIpc) is 2.73. The minimum atomic E-state index is -3.87. The maximum atomic E-state index is 13.0. The molecule has 0 unspecified atom stereocenters. The van der Waals surface area contributed by atoms with Crippen molar-refractivity contribution in [3.63, 3.8) is 0 Å². The standard InChI is InChI=1S/C23H25NO5S2/c1-15(2)7-8-16-9-11-17(12-10-16)31(28,29)24-20-13-21(30-14-22(25)26)23(27)19-6-4-3-5-18(19)20/h3-6,9-13,15,24,27H,7-8,14H2,1-2H3,(H,25,26). The molecule has 0 saturated heterocycles. The summed E-state index contributed by atoms with van der Waals surface area (Å²) in [6, 6.07) is 15.1. The Morgan fingerprint density at radius 3 is 2.32 bits per heavy atom. The molecule has 31 heavy (non-hydrogen) atoms. The highest BCUT2D eigenvalue weighted by Crippen LogP contribution is 2.40. The second-order valence-corrected chi connectivity index (χ2v) is 10.4. The van der Waals surface area contributed by atoms with Crippen molar-refractivity contribution >= 4 is 44.2 Å². The van der Waals surface area contributed by atoms with E-state index in [9.17, 15) is 18.3 Å². The summed E-state index contributed by atoms with van der Waals surface area (Å²) in [5.41, 5.74) is 1.36.